The smallest absolute Gasteiger partial charge is 0.220 e. The van der Waals surface area contributed by atoms with Gasteiger partial charge in [-0.2, -0.15) is 0 Å². The third kappa shape index (κ3) is 5.29. The highest BCUT2D eigenvalue weighted by Gasteiger charge is 2.42. The minimum Gasteiger partial charge on any atom is -0.355 e. The second kappa shape index (κ2) is 9.60. The Kier molecular flexibility index (Phi) is 7.15. The molecule has 0 bridgehead atoms. The van der Waals surface area contributed by atoms with Gasteiger partial charge in [-0.3, -0.25) is 9.79 Å². The summed E-state index contributed by atoms with van der Waals surface area (Å²) in [5.41, 5.74) is 2.54. The number of carbonyl (C=O) groups excluding carboxylic acids is 1. The monoisotopic (exact) mass is 508 g/mol. The first-order chi connectivity index (χ1) is 13.7. The standard InChI is InChI=1S/C21H28N6O.HI/c1-22-20(27-8-3-6-21(15-27)11-19(28)25-14-21)24-12-17-4-2-5-18(10-17)13-26-9-7-23-16-26;/h2,4-5,7,9-10,16H,3,6,8,11-15H2,1H3,(H,22,24)(H,25,28);1H. The molecule has 156 valence electrons. The molecule has 29 heavy (non-hydrogen) atoms. The normalized spacial score (nSPS) is 21.8. The molecule has 8 heteroatoms. The summed E-state index contributed by atoms with van der Waals surface area (Å²) in [6, 6.07) is 8.58. The third-order valence-electron chi connectivity index (χ3n) is 5.74. The number of carbonyl (C=O) groups is 1. The fraction of sp³-hybridized carbons (Fsp3) is 0.476. The number of hydrogen-bond acceptors (Lipinski definition) is 3. The van der Waals surface area contributed by atoms with Gasteiger partial charge in [0, 0.05) is 64.0 Å². The number of amides is 1. The SMILES string of the molecule is CN=C(NCc1cccc(Cn2ccnc2)c1)N1CCCC2(CNC(=O)C2)C1.I. The Labute approximate surface area is 189 Å². The van der Waals surface area contributed by atoms with Gasteiger partial charge in [-0.25, -0.2) is 4.98 Å². The van der Waals surface area contributed by atoms with Crippen LogP contribution in [0, 0.1) is 5.41 Å². The van der Waals surface area contributed by atoms with Crippen molar-refractivity contribution in [3.05, 3.63) is 54.1 Å². The number of rotatable bonds is 4. The number of aliphatic imine (C=N–C) groups is 1. The van der Waals surface area contributed by atoms with Gasteiger partial charge >= 0.3 is 0 Å². The van der Waals surface area contributed by atoms with E-state index >= 15 is 0 Å². The van der Waals surface area contributed by atoms with Crippen LogP contribution >= 0.6 is 24.0 Å². The number of halogens is 1. The fourth-order valence-corrected chi connectivity index (χ4v) is 4.37. The van der Waals surface area contributed by atoms with E-state index in [9.17, 15) is 4.79 Å². The second-order valence-electron chi connectivity index (χ2n) is 7.93. The Hall–Kier alpha value is -2.10. The summed E-state index contributed by atoms with van der Waals surface area (Å²) in [6.07, 6.45) is 8.44. The van der Waals surface area contributed by atoms with E-state index in [-0.39, 0.29) is 35.3 Å². The highest BCUT2D eigenvalue weighted by Crippen LogP contribution is 2.35. The lowest BCUT2D eigenvalue weighted by molar-refractivity contribution is -0.119. The molecule has 1 unspecified atom stereocenters. The molecular weight excluding hydrogens is 479 g/mol. The Morgan fingerprint density at radius 1 is 1.38 bits per heavy atom. The van der Waals surface area contributed by atoms with Crippen molar-refractivity contribution < 1.29 is 4.79 Å². The average molecular weight is 508 g/mol. The van der Waals surface area contributed by atoms with Crippen molar-refractivity contribution in [1.29, 1.82) is 0 Å². The van der Waals surface area contributed by atoms with Crippen LogP contribution in [0.25, 0.3) is 0 Å². The van der Waals surface area contributed by atoms with Crippen LogP contribution in [0.4, 0.5) is 0 Å². The number of likely N-dealkylation sites (tertiary alicyclic amines) is 1. The largest absolute Gasteiger partial charge is 0.355 e. The number of aromatic nitrogens is 2. The van der Waals surface area contributed by atoms with Crippen LogP contribution < -0.4 is 10.6 Å². The molecule has 0 radical (unpaired) electrons. The number of guanidine groups is 1. The zero-order valence-corrected chi connectivity index (χ0v) is 19.1. The Morgan fingerprint density at radius 2 is 2.24 bits per heavy atom. The highest BCUT2D eigenvalue weighted by atomic mass is 127. The quantitative estimate of drug-likeness (QED) is 0.378. The lowest BCUT2D eigenvalue weighted by Crippen LogP contribution is -2.51. The van der Waals surface area contributed by atoms with Crippen LogP contribution in [0.5, 0.6) is 0 Å². The highest BCUT2D eigenvalue weighted by molar-refractivity contribution is 14.0. The predicted molar refractivity (Wildman–Crippen MR) is 124 cm³/mol. The number of benzene rings is 1. The van der Waals surface area contributed by atoms with E-state index in [4.69, 9.17) is 0 Å². The number of hydrogen-bond donors (Lipinski definition) is 2. The molecule has 2 N–H and O–H groups in total. The van der Waals surface area contributed by atoms with Crippen molar-refractivity contribution in [3.63, 3.8) is 0 Å². The van der Waals surface area contributed by atoms with Crippen LogP contribution in [0.15, 0.2) is 48.0 Å². The van der Waals surface area contributed by atoms with Crippen LogP contribution in [-0.4, -0.2) is 53.0 Å². The van der Waals surface area contributed by atoms with E-state index in [1.54, 1.807) is 6.20 Å². The Bertz CT molecular complexity index is 853. The molecule has 2 aromatic rings. The van der Waals surface area contributed by atoms with Gasteiger partial charge in [0.1, 0.15) is 0 Å². The second-order valence-corrected chi connectivity index (χ2v) is 7.93. The molecule has 0 saturated carbocycles. The molecule has 1 atom stereocenters. The van der Waals surface area contributed by atoms with Crippen LogP contribution in [0.2, 0.25) is 0 Å². The molecule has 1 amide bonds. The predicted octanol–water partition coefficient (Wildman–Crippen LogP) is 2.23. The van der Waals surface area contributed by atoms with E-state index in [1.807, 2.05) is 19.6 Å². The number of imidazole rings is 1. The lowest BCUT2D eigenvalue weighted by atomic mass is 9.79. The molecule has 7 nitrogen and oxygen atoms in total. The molecular formula is C21H29IN6O. The van der Waals surface area contributed by atoms with Gasteiger partial charge in [-0.05, 0) is 24.0 Å². The number of nitrogens with zero attached hydrogens (tertiary/aromatic N) is 4. The first kappa shape index (κ1) is 21.6. The maximum Gasteiger partial charge on any atom is 0.220 e. The molecule has 2 aliphatic heterocycles. The summed E-state index contributed by atoms with van der Waals surface area (Å²) >= 11 is 0. The van der Waals surface area contributed by atoms with E-state index in [1.165, 1.54) is 11.1 Å². The summed E-state index contributed by atoms with van der Waals surface area (Å²) in [4.78, 5) is 22.6. The van der Waals surface area contributed by atoms with Gasteiger partial charge in [0.15, 0.2) is 5.96 Å². The Morgan fingerprint density at radius 3 is 2.97 bits per heavy atom. The van der Waals surface area contributed by atoms with Crippen molar-refractivity contribution >= 4 is 35.8 Å². The van der Waals surface area contributed by atoms with E-state index in [2.05, 4.69) is 54.3 Å². The van der Waals surface area contributed by atoms with Gasteiger partial charge in [0.25, 0.3) is 0 Å². The first-order valence-corrected chi connectivity index (χ1v) is 9.92. The summed E-state index contributed by atoms with van der Waals surface area (Å²) < 4.78 is 2.07. The van der Waals surface area contributed by atoms with Crippen LogP contribution in [0.1, 0.15) is 30.4 Å². The molecule has 0 aliphatic carbocycles. The van der Waals surface area contributed by atoms with Crippen molar-refractivity contribution in [2.24, 2.45) is 10.4 Å². The zero-order chi connectivity index (χ0) is 19.4. The van der Waals surface area contributed by atoms with Crippen LogP contribution in [0.3, 0.4) is 0 Å². The van der Waals surface area contributed by atoms with E-state index < -0.39 is 0 Å². The molecule has 2 saturated heterocycles. The maximum absolute atomic E-state index is 11.7. The molecule has 1 aromatic carbocycles. The minimum absolute atomic E-state index is 0. The molecule has 3 heterocycles. The zero-order valence-electron chi connectivity index (χ0n) is 16.8. The molecule has 2 fully saturated rings. The van der Waals surface area contributed by atoms with Gasteiger partial charge < -0.3 is 20.1 Å². The van der Waals surface area contributed by atoms with Gasteiger partial charge in [0.05, 0.1) is 6.33 Å². The number of nitrogens with one attached hydrogen (secondary N) is 2. The van der Waals surface area contributed by atoms with E-state index in [0.29, 0.717) is 6.42 Å². The first-order valence-electron chi connectivity index (χ1n) is 9.92. The molecule has 4 rings (SSSR count). The van der Waals surface area contributed by atoms with Gasteiger partial charge in [-0.15, -0.1) is 24.0 Å². The fourth-order valence-electron chi connectivity index (χ4n) is 4.37. The Balaban J connectivity index is 0.00000240. The van der Waals surface area contributed by atoms with Gasteiger partial charge in [-0.1, -0.05) is 24.3 Å². The van der Waals surface area contributed by atoms with Crippen molar-refractivity contribution in [2.75, 3.05) is 26.7 Å². The van der Waals surface area contributed by atoms with Gasteiger partial charge in [0.2, 0.25) is 5.91 Å². The van der Waals surface area contributed by atoms with Crippen molar-refractivity contribution in [1.82, 2.24) is 25.1 Å². The maximum atomic E-state index is 11.7. The average Bonchev–Trinajstić information content (AvgIpc) is 3.33. The van der Waals surface area contributed by atoms with Crippen molar-refractivity contribution in [3.8, 4) is 0 Å². The topological polar surface area (TPSA) is 74.6 Å². The summed E-state index contributed by atoms with van der Waals surface area (Å²) in [6.45, 7) is 4.20. The molecule has 1 spiro atoms. The lowest BCUT2D eigenvalue weighted by Gasteiger charge is -2.40. The van der Waals surface area contributed by atoms with E-state index in [0.717, 1.165) is 51.5 Å². The molecule has 2 aliphatic rings. The van der Waals surface area contributed by atoms with Crippen molar-refractivity contribution in [2.45, 2.75) is 32.4 Å². The number of piperidine rings is 1. The molecule has 1 aromatic heterocycles. The summed E-state index contributed by atoms with van der Waals surface area (Å²) in [5.74, 6) is 1.10. The summed E-state index contributed by atoms with van der Waals surface area (Å²) in [5, 5.41) is 6.52. The van der Waals surface area contributed by atoms with Crippen LogP contribution in [-0.2, 0) is 17.9 Å². The third-order valence-corrected chi connectivity index (χ3v) is 5.74. The summed E-state index contributed by atoms with van der Waals surface area (Å²) in [7, 11) is 1.83. The minimum atomic E-state index is 0.